The second kappa shape index (κ2) is 5.26. The first-order valence-electron chi connectivity index (χ1n) is 7.14. The fraction of sp³-hybridized carbons (Fsp3) is 0.533. The molecule has 3 rings (SSSR count). The molecule has 112 valence electrons. The van der Waals surface area contributed by atoms with E-state index in [2.05, 4.69) is 10.3 Å². The molecule has 2 unspecified atom stereocenters. The predicted octanol–water partition coefficient (Wildman–Crippen LogP) is 2.73. The third-order valence-electron chi connectivity index (χ3n) is 4.39. The van der Waals surface area contributed by atoms with E-state index in [0.29, 0.717) is 11.0 Å². The molecule has 1 heterocycles. The maximum Gasteiger partial charge on any atom is 0.307 e. The topological polar surface area (TPSA) is 79.3 Å². The van der Waals surface area contributed by atoms with Crippen LogP contribution in [0.3, 0.4) is 0 Å². The van der Waals surface area contributed by atoms with E-state index >= 15 is 0 Å². The zero-order valence-corrected chi connectivity index (χ0v) is 12.8. The van der Waals surface area contributed by atoms with Crippen molar-refractivity contribution in [2.45, 2.75) is 26.2 Å². The van der Waals surface area contributed by atoms with Crippen LogP contribution in [0.15, 0.2) is 17.5 Å². The first-order chi connectivity index (χ1) is 9.97. The van der Waals surface area contributed by atoms with Gasteiger partial charge >= 0.3 is 5.97 Å². The maximum atomic E-state index is 12.5. The molecular formula is C15H18N2O3S. The molecule has 5 nitrogen and oxygen atoms in total. The van der Waals surface area contributed by atoms with Gasteiger partial charge in [0, 0.05) is 5.38 Å². The van der Waals surface area contributed by atoms with Gasteiger partial charge in [-0.15, -0.1) is 11.3 Å². The predicted molar refractivity (Wildman–Crippen MR) is 80.2 cm³/mol. The van der Waals surface area contributed by atoms with Crippen LogP contribution in [0.2, 0.25) is 0 Å². The van der Waals surface area contributed by atoms with E-state index in [0.717, 1.165) is 12.1 Å². The van der Waals surface area contributed by atoms with Gasteiger partial charge in [0.1, 0.15) is 0 Å². The summed E-state index contributed by atoms with van der Waals surface area (Å²) in [5, 5.41) is 14.7. The van der Waals surface area contributed by atoms with E-state index in [-0.39, 0.29) is 17.7 Å². The Bertz CT molecular complexity index is 608. The van der Waals surface area contributed by atoms with E-state index in [4.69, 9.17) is 0 Å². The molecule has 2 aliphatic carbocycles. The number of allylic oxidation sites excluding steroid dienone is 2. The summed E-state index contributed by atoms with van der Waals surface area (Å²) in [6.07, 6.45) is 4.69. The highest BCUT2D eigenvalue weighted by Crippen LogP contribution is 2.48. The highest BCUT2D eigenvalue weighted by Gasteiger charge is 2.51. The molecule has 0 aromatic carbocycles. The van der Waals surface area contributed by atoms with Crippen LogP contribution in [0, 0.1) is 23.7 Å². The Labute approximate surface area is 127 Å². The molecule has 0 spiro atoms. The van der Waals surface area contributed by atoms with Crippen LogP contribution in [0.25, 0.3) is 0 Å². The van der Waals surface area contributed by atoms with Gasteiger partial charge in [-0.3, -0.25) is 9.59 Å². The molecule has 21 heavy (non-hydrogen) atoms. The van der Waals surface area contributed by atoms with Crippen LogP contribution in [0.1, 0.15) is 31.9 Å². The summed E-state index contributed by atoms with van der Waals surface area (Å²) in [4.78, 5) is 28.3. The average molecular weight is 306 g/mol. The highest BCUT2D eigenvalue weighted by atomic mass is 32.1. The number of aromatic nitrogens is 1. The van der Waals surface area contributed by atoms with Crippen molar-refractivity contribution in [3.8, 4) is 0 Å². The van der Waals surface area contributed by atoms with E-state index in [1.54, 1.807) is 0 Å². The van der Waals surface area contributed by atoms with Crippen LogP contribution in [0.5, 0.6) is 0 Å². The number of nitrogens with zero attached hydrogens (tertiary/aromatic N) is 1. The van der Waals surface area contributed by atoms with Gasteiger partial charge in [-0.25, -0.2) is 4.98 Å². The summed E-state index contributed by atoms with van der Waals surface area (Å²) < 4.78 is 0. The number of carboxylic acid groups (broad SMARTS) is 1. The first kappa shape index (κ1) is 14.3. The van der Waals surface area contributed by atoms with Crippen molar-refractivity contribution in [1.82, 2.24) is 4.98 Å². The van der Waals surface area contributed by atoms with Gasteiger partial charge in [-0.1, -0.05) is 26.0 Å². The smallest absolute Gasteiger partial charge is 0.307 e. The molecule has 1 aromatic heterocycles. The number of hydrogen-bond donors (Lipinski definition) is 2. The fourth-order valence-corrected chi connectivity index (χ4v) is 4.19. The monoisotopic (exact) mass is 306 g/mol. The third kappa shape index (κ3) is 2.48. The number of anilines is 1. The van der Waals surface area contributed by atoms with Crippen molar-refractivity contribution in [3.05, 3.63) is 23.2 Å². The number of nitrogens with one attached hydrogen (secondary N) is 1. The highest BCUT2D eigenvalue weighted by molar-refractivity contribution is 7.13. The Morgan fingerprint density at radius 3 is 2.57 bits per heavy atom. The van der Waals surface area contributed by atoms with E-state index in [1.807, 2.05) is 31.4 Å². The molecule has 6 heteroatoms. The molecule has 1 saturated carbocycles. The third-order valence-corrected chi connectivity index (χ3v) is 5.17. The van der Waals surface area contributed by atoms with Gasteiger partial charge < -0.3 is 10.4 Å². The number of fused-ring (bicyclic) bond motifs is 2. The fourth-order valence-electron chi connectivity index (χ4n) is 3.31. The number of hydrogen-bond acceptors (Lipinski definition) is 4. The van der Waals surface area contributed by atoms with Crippen LogP contribution in [-0.2, 0) is 9.59 Å². The molecule has 1 fully saturated rings. The van der Waals surface area contributed by atoms with E-state index in [9.17, 15) is 14.7 Å². The van der Waals surface area contributed by atoms with Crippen LogP contribution >= 0.6 is 11.3 Å². The number of thiazole rings is 1. The minimum absolute atomic E-state index is 0.00855. The molecule has 2 aliphatic rings. The molecule has 4 atom stereocenters. The number of rotatable bonds is 4. The zero-order chi connectivity index (χ0) is 15.1. The van der Waals surface area contributed by atoms with Crippen molar-refractivity contribution in [1.29, 1.82) is 0 Å². The summed E-state index contributed by atoms with van der Waals surface area (Å²) in [5.41, 5.74) is 0.943. The SMILES string of the molecule is CC(C)c1csc(NC(=O)[C@H]2C3C=CC(C3)[C@H]2C(=O)O)n1. The molecule has 0 radical (unpaired) electrons. The van der Waals surface area contributed by atoms with Gasteiger partial charge in [0.15, 0.2) is 5.13 Å². The van der Waals surface area contributed by atoms with Gasteiger partial charge in [-0.05, 0) is 24.2 Å². The summed E-state index contributed by atoms with van der Waals surface area (Å²) in [7, 11) is 0. The summed E-state index contributed by atoms with van der Waals surface area (Å²) >= 11 is 1.39. The van der Waals surface area contributed by atoms with Crippen molar-refractivity contribution >= 4 is 28.3 Å². The number of carboxylic acids is 1. The van der Waals surface area contributed by atoms with Gasteiger partial charge in [0.05, 0.1) is 17.5 Å². The first-order valence-corrected chi connectivity index (χ1v) is 8.02. The Hall–Kier alpha value is -1.69. The molecule has 0 saturated heterocycles. The Kier molecular flexibility index (Phi) is 3.57. The number of aliphatic carboxylic acids is 1. The Morgan fingerprint density at radius 2 is 2.00 bits per heavy atom. The van der Waals surface area contributed by atoms with E-state index in [1.165, 1.54) is 11.3 Å². The summed E-state index contributed by atoms with van der Waals surface area (Å²) in [5.74, 6) is -1.85. The minimum atomic E-state index is -0.881. The van der Waals surface area contributed by atoms with Crippen LogP contribution < -0.4 is 5.32 Å². The molecule has 0 aliphatic heterocycles. The normalized spacial score (nSPS) is 30.0. The zero-order valence-electron chi connectivity index (χ0n) is 11.9. The lowest BCUT2D eigenvalue weighted by molar-refractivity contribution is -0.146. The van der Waals surface area contributed by atoms with Crippen LogP contribution in [-0.4, -0.2) is 22.0 Å². The minimum Gasteiger partial charge on any atom is -0.481 e. The van der Waals surface area contributed by atoms with Gasteiger partial charge in [-0.2, -0.15) is 0 Å². The van der Waals surface area contributed by atoms with E-state index < -0.39 is 17.8 Å². The van der Waals surface area contributed by atoms with Crippen LogP contribution in [0.4, 0.5) is 5.13 Å². The largest absolute Gasteiger partial charge is 0.481 e. The molecule has 1 aromatic rings. The quantitative estimate of drug-likeness (QED) is 0.838. The Balaban J connectivity index is 1.75. The van der Waals surface area contributed by atoms with Crippen molar-refractivity contribution < 1.29 is 14.7 Å². The lowest BCUT2D eigenvalue weighted by atomic mass is 9.82. The van der Waals surface area contributed by atoms with Gasteiger partial charge in [0.25, 0.3) is 0 Å². The maximum absolute atomic E-state index is 12.5. The average Bonchev–Trinajstić information content (AvgIpc) is 3.12. The molecular weight excluding hydrogens is 288 g/mol. The van der Waals surface area contributed by atoms with Crippen molar-refractivity contribution in [2.24, 2.45) is 23.7 Å². The lowest BCUT2D eigenvalue weighted by Gasteiger charge is -2.23. The number of carbonyl (C=O) groups is 2. The second-order valence-electron chi connectivity index (χ2n) is 6.06. The standard InChI is InChI=1S/C15H18N2O3S/c1-7(2)10-6-21-15(16-10)17-13(18)11-8-3-4-9(5-8)12(11)14(19)20/h3-4,6-9,11-12H,5H2,1-2H3,(H,19,20)(H,16,17,18)/t8?,9?,11-,12+/m0/s1. The lowest BCUT2D eigenvalue weighted by Crippen LogP contribution is -2.36. The summed E-state index contributed by atoms with van der Waals surface area (Å²) in [6.45, 7) is 4.09. The van der Waals surface area contributed by atoms with Crippen molar-refractivity contribution in [2.75, 3.05) is 5.32 Å². The number of carbonyl (C=O) groups excluding carboxylic acids is 1. The molecule has 2 bridgehead atoms. The number of amides is 1. The molecule has 2 N–H and O–H groups in total. The molecule has 1 amide bonds. The second-order valence-corrected chi connectivity index (χ2v) is 6.92. The van der Waals surface area contributed by atoms with Gasteiger partial charge in [0.2, 0.25) is 5.91 Å². The Morgan fingerprint density at radius 1 is 1.33 bits per heavy atom. The summed E-state index contributed by atoms with van der Waals surface area (Å²) in [6, 6.07) is 0. The van der Waals surface area contributed by atoms with Crippen molar-refractivity contribution in [3.63, 3.8) is 0 Å².